The van der Waals surface area contributed by atoms with E-state index < -0.39 is 6.04 Å². The lowest BCUT2D eigenvalue weighted by Crippen LogP contribution is -2.50. The van der Waals surface area contributed by atoms with Gasteiger partial charge in [0.1, 0.15) is 6.04 Å². The van der Waals surface area contributed by atoms with Crippen LogP contribution in [-0.4, -0.2) is 49.1 Å². The molecular formula is C11H18N2O3. The van der Waals surface area contributed by atoms with Crippen molar-refractivity contribution in [2.45, 2.75) is 25.8 Å². The van der Waals surface area contributed by atoms with Gasteiger partial charge in [0.25, 0.3) is 0 Å². The maximum atomic E-state index is 11.9. The minimum Gasteiger partial charge on any atom is -0.378 e. The number of carbonyl (C=O) groups excluding carboxylic acids is 2. The third kappa shape index (κ3) is 2.72. The number of nitrogens with zero attached hydrogens (tertiary/aromatic N) is 1. The summed E-state index contributed by atoms with van der Waals surface area (Å²) in [5.74, 6) is 0.173. The van der Waals surface area contributed by atoms with Crippen molar-refractivity contribution in [3.8, 4) is 0 Å². The molecule has 0 radical (unpaired) electrons. The van der Waals surface area contributed by atoms with Gasteiger partial charge in [0, 0.05) is 19.0 Å². The molecule has 0 bridgehead atoms. The molecule has 1 atom stereocenters. The van der Waals surface area contributed by atoms with Gasteiger partial charge < -0.3 is 15.0 Å². The fourth-order valence-electron chi connectivity index (χ4n) is 1.80. The molecule has 16 heavy (non-hydrogen) atoms. The van der Waals surface area contributed by atoms with Crippen molar-refractivity contribution in [2.75, 3.05) is 26.3 Å². The quantitative estimate of drug-likeness (QED) is 0.722. The van der Waals surface area contributed by atoms with Gasteiger partial charge in [-0.3, -0.25) is 9.59 Å². The van der Waals surface area contributed by atoms with Crippen molar-refractivity contribution in [2.24, 2.45) is 5.92 Å². The smallest absolute Gasteiger partial charge is 0.245 e. The lowest BCUT2D eigenvalue weighted by molar-refractivity contribution is -0.139. The average molecular weight is 226 g/mol. The molecule has 1 saturated carbocycles. The molecule has 1 aliphatic heterocycles. The van der Waals surface area contributed by atoms with E-state index in [1.54, 1.807) is 11.8 Å². The molecule has 0 spiro atoms. The topological polar surface area (TPSA) is 58.6 Å². The van der Waals surface area contributed by atoms with Crippen LogP contribution in [0.3, 0.4) is 0 Å². The van der Waals surface area contributed by atoms with Crippen LogP contribution in [0.5, 0.6) is 0 Å². The third-order valence-corrected chi connectivity index (χ3v) is 3.00. The van der Waals surface area contributed by atoms with Crippen LogP contribution in [0.15, 0.2) is 0 Å². The molecule has 5 heteroatoms. The summed E-state index contributed by atoms with van der Waals surface area (Å²) >= 11 is 0. The predicted molar refractivity (Wildman–Crippen MR) is 57.7 cm³/mol. The zero-order valence-corrected chi connectivity index (χ0v) is 9.57. The summed E-state index contributed by atoms with van der Waals surface area (Å²) < 4.78 is 5.18. The Morgan fingerprint density at radius 1 is 1.31 bits per heavy atom. The summed E-state index contributed by atoms with van der Waals surface area (Å²) in [5, 5.41) is 2.77. The Kier molecular flexibility index (Phi) is 3.43. The van der Waals surface area contributed by atoms with Crippen molar-refractivity contribution in [3.63, 3.8) is 0 Å². The molecule has 0 aromatic rings. The Bertz CT molecular complexity index is 283. The lowest BCUT2D eigenvalue weighted by Gasteiger charge is -2.29. The summed E-state index contributed by atoms with van der Waals surface area (Å²) in [5.41, 5.74) is 0. The highest BCUT2D eigenvalue weighted by Gasteiger charge is 2.32. The van der Waals surface area contributed by atoms with Gasteiger partial charge in [0.15, 0.2) is 0 Å². The molecule has 1 N–H and O–H groups in total. The van der Waals surface area contributed by atoms with Crippen molar-refractivity contribution >= 4 is 11.8 Å². The summed E-state index contributed by atoms with van der Waals surface area (Å²) in [6.45, 7) is 4.19. The fourth-order valence-corrected chi connectivity index (χ4v) is 1.80. The second kappa shape index (κ2) is 4.82. The first-order valence-electron chi connectivity index (χ1n) is 5.85. The Morgan fingerprint density at radius 3 is 2.50 bits per heavy atom. The van der Waals surface area contributed by atoms with E-state index in [1.807, 2.05) is 0 Å². The third-order valence-electron chi connectivity index (χ3n) is 3.00. The number of ether oxygens (including phenoxy) is 1. The van der Waals surface area contributed by atoms with Gasteiger partial charge in [-0.05, 0) is 19.8 Å². The number of morpholine rings is 1. The van der Waals surface area contributed by atoms with Crippen LogP contribution in [0, 0.1) is 5.92 Å². The molecule has 2 fully saturated rings. The average Bonchev–Trinajstić information content (AvgIpc) is 3.13. The molecule has 90 valence electrons. The molecular weight excluding hydrogens is 208 g/mol. The number of hydrogen-bond acceptors (Lipinski definition) is 3. The Morgan fingerprint density at radius 2 is 1.94 bits per heavy atom. The summed E-state index contributed by atoms with van der Waals surface area (Å²) in [7, 11) is 0. The molecule has 0 aromatic carbocycles. The van der Waals surface area contributed by atoms with Gasteiger partial charge in [0.05, 0.1) is 13.2 Å². The Balaban J connectivity index is 1.80. The molecule has 2 amide bonds. The van der Waals surface area contributed by atoms with Gasteiger partial charge in [0.2, 0.25) is 11.8 Å². The van der Waals surface area contributed by atoms with Crippen LogP contribution >= 0.6 is 0 Å². The Hall–Kier alpha value is -1.10. The van der Waals surface area contributed by atoms with Crippen molar-refractivity contribution in [1.29, 1.82) is 0 Å². The maximum Gasteiger partial charge on any atom is 0.245 e. The van der Waals surface area contributed by atoms with Crippen molar-refractivity contribution < 1.29 is 14.3 Å². The monoisotopic (exact) mass is 226 g/mol. The maximum absolute atomic E-state index is 11.9. The highest BCUT2D eigenvalue weighted by atomic mass is 16.5. The number of nitrogens with one attached hydrogen (secondary N) is 1. The normalized spacial score (nSPS) is 22.7. The van der Waals surface area contributed by atoms with E-state index in [1.165, 1.54) is 0 Å². The lowest BCUT2D eigenvalue weighted by atomic mass is 10.2. The second-order valence-electron chi connectivity index (χ2n) is 4.44. The van der Waals surface area contributed by atoms with Crippen molar-refractivity contribution in [1.82, 2.24) is 10.2 Å². The molecule has 1 aliphatic carbocycles. The molecule has 0 aromatic heterocycles. The minimum atomic E-state index is -0.411. The van der Waals surface area contributed by atoms with Crippen LogP contribution < -0.4 is 5.32 Å². The summed E-state index contributed by atoms with van der Waals surface area (Å²) in [6.07, 6.45) is 1.93. The molecule has 0 unspecified atom stereocenters. The van der Waals surface area contributed by atoms with Crippen LogP contribution in [0.1, 0.15) is 19.8 Å². The van der Waals surface area contributed by atoms with Gasteiger partial charge in [-0.2, -0.15) is 0 Å². The Labute approximate surface area is 95.1 Å². The summed E-state index contributed by atoms with van der Waals surface area (Å²) in [6, 6.07) is -0.411. The molecule has 1 saturated heterocycles. The second-order valence-corrected chi connectivity index (χ2v) is 4.44. The molecule has 2 rings (SSSR count). The highest BCUT2D eigenvalue weighted by molar-refractivity contribution is 5.89. The van der Waals surface area contributed by atoms with Crippen LogP contribution in [0.4, 0.5) is 0 Å². The van der Waals surface area contributed by atoms with E-state index >= 15 is 0 Å². The highest BCUT2D eigenvalue weighted by Crippen LogP contribution is 2.28. The van der Waals surface area contributed by atoms with Gasteiger partial charge in [-0.25, -0.2) is 0 Å². The fraction of sp³-hybridized carbons (Fsp3) is 0.818. The number of rotatable bonds is 3. The first-order chi connectivity index (χ1) is 7.68. The first kappa shape index (κ1) is 11.4. The zero-order chi connectivity index (χ0) is 11.5. The number of amides is 2. The minimum absolute atomic E-state index is 0.00250. The standard InChI is InChI=1S/C11H18N2O3/c1-8(12-10(14)9-2-3-9)11(15)13-4-6-16-7-5-13/h8-9H,2-7H2,1H3,(H,12,14)/t8-/m1/s1. The zero-order valence-electron chi connectivity index (χ0n) is 9.57. The van der Waals surface area contributed by atoms with E-state index in [-0.39, 0.29) is 17.7 Å². The van der Waals surface area contributed by atoms with E-state index in [4.69, 9.17) is 4.74 Å². The largest absolute Gasteiger partial charge is 0.378 e. The predicted octanol–water partition coefficient (Wildman–Crippen LogP) is -0.240. The van der Waals surface area contributed by atoms with Gasteiger partial charge in [-0.1, -0.05) is 0 Å². The first-order valence-corrected chi connectivity index (χ1v) is 5.85. The SMILES string of the molecule is C[C@@H](NC(=O)C1CC1)C(=O)N1CCOCC1. The van der Waals surface area contributed by atoms with E-state index in [0.717, 1.165) is 12.8 Å². The van der Waals surface area contributed by atoms with Gasteiger partial charge in [-0.15, -0.1) is 0 Å². The molecule has 5 nitrogen and oxygen atoms in total. The number of hydrogen-bond donors (Lipinski definition) is 1. The molecule has 2 aliphatic rings. The number of carbonyl (C=O) groups is 2. The van der Waals surface area contributed by atoms with Crippen LogP contribution in [0.2, 0.25) is 0 Å². The van der Waals surface area contributed by atoms with E-state index in [9.17, 15) is 9.59 Å². The van der Waals surface area contributed by atoms with E-state index in [0.29, 0.717) is 26.3 Å². The van der Waals surface area contributed by atoms with Gasteiger partial charge >= 0.3 is 0 Å². The van der Waals surface area contributed by atoms with Crippen LogP contribution in [0.25, 0.3) is 0 Å². The van der Waals surface area contributed by atoms with Crippen molar-refractivity contribution in [3.05, 3.63) is 0 Å². The van der Waals surface area contributed by atoms with E-state index in [2.05, 4.69) is 5.32 Å². The molecule has 1 heterocycles. The van der Waals surface area contributed by atoms with Crippen LogP contribution in [-0.2, 0) is 14.3 Å². The summed E-state index contributed by atoms with van der Waals surface area (Å²) in [4.78, 5) is 25.2.